The van der Waals surface area contributed by atoms with Crippen LogP contribution in [0.3, 0.4) is 0 Å². The Morgan fingerprint density at radius 2 is 1.75 bits per heavy atom. The highest BCUT2D eigenvalue weighted by molar-refractivity contribution is 5.92. The third kappa shape index (κ3) is 11.6. The molecule has 2 heterocycles. The molecular formula is C35H53N7O9. The number of amides is 5. The number of carbonyl (C=O) groups is 4. The number of aromatic nitrogens is 2. The zero-order valence-corrected chi connectivity index (χ0v) is 29.6. The Kier molecular flexibility index (Phi) is 14.9. The van der Waals surface area contributed by atoms with E-state index in [4.69, 9.17) is 9.47 Å². The molecule has 1 aliphatic carbocycles. The number of nitrogens with one attached hydrogen (secondary N) is 4. The molecule has 2 aliphatic rings. The summed E-state index contributed by atoms with van der Waals surface area (Å²) in [6.45, 7) is 1.71. The molecule has 2 aromatic rings. The molecule has 4 unspecified atom stereocenters. The minimum absolute atomic E-state index is 0.0254. The number of nitrogens with zero attached hydrogens (tertiary/aromatic N) is 3. The summed E-state index contributed by atoms with van der Waals surface area (Å²) < 4.78 is 10.7. The largest absolute Gasteiger partial charge is 0.497 e. The maximum absolute atomic E-state index is 14.1. The first-order valence-electron chi connectivity index (χ1n) is 17.7. The van der Waals surface area contributed by atoms with Gasteiger partial charge in [0, 0.05) is 38.3 Å². The van der Waals surface area contributed by atoms with E-state index in [9.17, 15) is 34.5 Å². The van der Waals surface area contributed by atoms with Crippen LogP contribution in [-0.4, -0.2) is 136 Å². The molecule has 0 radical (unpaired) electrons. The van der Waals surface area contributed by atoms with Gasteiger partial charge in [0.05, 0.1) is 45.3 Å². The van der Waals surface area contributed by atoms with Gasteiger partial charge >= 0.3 is 12.1 Å². The summed E-state index contributed by atoms with van der Waals surface area (Å²) >= 11 is 0. The van der Waals surface area contributed by atoms with Crippen LogP contribution in [0.25, 0.3) is 0 Å². The molecule has 6 atom stereocenters. The molecule has 51 heavy (non-hydrogen) atoms. The van der Waals surface area contributed by atoms with E-state index in [1.165, 1.54) is 31.6 Å². The minimum atomic E-state index is -1.19. The lowest BCUT2D eigenvalue weighted by molar-refractivity contribution is -0.131. The van der Waals surface area contributed by atoms with E-state index in [0.717, 1.165) is 37.0 Å². The highest BCUT2D eigenvalue weighted by Crippen LogP contribution is 2.29. The van der Waals surface area contributed by atoms with Crippen molar-refractivity contribution in [2.45, 2.75) is 94.7 Å². The van der Waals surface area contributed by atoms with E-state index in [1.807, 2.05) is 6.92 Å². The average molecular weight is 716 g/mol. The van der Waals surface area contributed by atoms with Crippen molar-refractivity contribution in [3.63, 3.8) is 0 Å². The molecule has 5 amide bonds. The molecule has 282 valence electrons. The molecular weight excluding hydrogens is 662 g/mol. The maximum atomic E-state index is 14.1. The summed E-state index contributed by atoms with van der Waals surface area (Å²) in [6, 6.07) is 3.22. The minimum Gasteiger partial charge on any atom is -0.497 e. The SMILES string of the molecule is CCN1CC(C(O)C(CC2CCCCC2)NC(=O)[C@H](Cc2cnc[nH]2)NC(=O)[C@H](Cc2ccc(OC)cc2)NC(=O)N(C)CC(O)CO)OC1=O. The molecule has 1 saturated carbocycles. The van der Waals surface area contributed by atoms with E-state index in [0.29, 0.717) is 30.0 Å². The van der Waals surface area contributed by atoms with Crippen molar-refractivity contribution >= 4 is 23.9 Å². The Bertz CT molecular complexity index is 1400. The standard InChI is InChI=1S/C35H53N7O9/c1-4-42-19-30(51-35(42)49)31(45)27(14-22-8-6-5-7-9-22)38-33(47)29(16-24-17-36-21-37-24)39-32(46)28(15-23-10-12-26(50-3)13-11-23)40-34(48)41(2)18-25(44)20-43/h10-13,17,21-22,25,27-31,43-45H,4-9,14-16,18-20H2,1-3H3,(H,36,37)(H,38,47)(H,39,46)(H,40,48)/t25?,27?,28-,29-,30?,31?/m0/s1. The summed E-state index contributed by atoms with van der Waals surface area (Å²) in [7, 11) is 2.95. The van der Waals surface area contributed by atoms with Gasteiger partial charge in [-0.15, -0.1) is 0 Å². The lowest BCUT2D eigenvalue weighted by Crippen LogP contribution is -2.59. The van der Waals surface area contributed by atoms with Crippen molar-refractivity contribution in [2.75, 3.05) is 40.4 Å². The van der Waals surface area contributed by atoms with Gasteiger partial charge in [-0.05, 0) is 37.0 Å². The van der Waals surface area contributed by atoms with Crippen molar-refractivity contribution < 1.29 is 44.0 Å². The van der Waals surface area contributed by atoms with Crippen molar-refractivity contribution in [2.24, 2.45) is 5.92 Å². The first-order valence-corrected chi connectivity index (χ1v) is 17.7. The number of ether oxygens (including phenoxy) is 2. The van der Waals surface area contributed by atoms with Gasteiger partial charge in [0.1, 0.15) is 30.0 Å². The lowest BCUT2D eigenvalue weighted by atomic mass is 9.83. The van der Waals surface area contributed by atoms with Crippen molar-refractivity contribution in [3.05, 3.63) is 48.0 Å². The lowest BCUT2D eigenvalue weighted by Gasteiger charge is -2.33. The van der Waals surface area contributed by atoms with Gasteiger partial charge in [-0.1, -0.05) is 44.2 Å². The second-order valence-electron chi connectivity index (χ2n) is 13.4. The predicted octanol–water partition coefficient (Wildman–Crippen LogP) is 0.708. The number of cyclic esters (lactones) is 1. The fourth-order valence-corrected chi connectivity index (χ4v) is 6.60. The zero-order valence-electron chi connectivity index (χ0n) is 29.6. The molecule has 0 spiro atoms. The fourth-order valence-electron chi connectivity index (χ4n) is 6.60. The van der Waals surface area contributed by atoms with Crippen molar-refractivity contribution in [1.82, 2.24) is 35.7 Å². The zero-order chi connectivity index (χ0) is 36.9. The van der Waals surface area contributed by atoms with E-state index in [1.54, 1.807) is 24.3 Å². The maximum Gasteiger partial charge on any atom is 0.410 e. The van der Waals surface area contributed by atoms with Gasteiger partial charge in [-0.3, -0.25) is 9.59 Å². The number of imidazole rings is 1. The predicted molar refractivity (Wildman–Crippen MR) is 186 cm³/mol. The van der Waals surface area contributed by atoms with E-state index in [2.05, 4.69) is 25.9 Å². The highest BCUT2D eigenvalue weighted by atomic mass is 16.6. The number of benzene rings is 1. The van der Waals surface area contributed by atoms with Gasteiger partial charge in [0.25, 0.3) is 0 Å². The van der Waals surface area contributed by atoms with Crippen LogP contribution in [0.5, 0.6) is 5.75 Å². The number of urea groups is 1. The number of hydrogen-bond donors (Lipinski definition) is 7. The number of aromatic amines is 1. The Morgan fingerprint density at radius 3 is 2.35 bits per heavy atom. The number of likely N-dealkylation sites (N-methyl/N-ethyl adjacent to an activating group) is 2. The van der Waals surface area contributed by atoms with Gasteiger partial charge in [-0.25, -0.2) is 14.6 Å². The van der Waals surface area contributed by atoms with Crippen LogP contribution < -0.4 is 20.7 Å². The number of aliphatic hydroxyl groups excluding tert-OH is 3. The summed E-state index contributed by atoms with van der Waals surface area (Å²) in [6.07, 6.45) is 4.98. The van der Waals surface area contributed by atoms with Crippen LogP contribution in [0, 0.1) is 5.92 Å². The second kappa shape index (κ2) is 19.3. The smallest absolute Gasteiger partial charge is 0.410 e. The average Bonchev–Trinajstić information content (AvgIpc) is 3.80. The number of hydrogen-bond acceptors (Lipinski definition) is 10. The summed E-state index contributed by atoms with van der Waals surface area (Å²) in [5, 5.41) is 39.2. The summed E-state index contributed by atoms with van der Waals surface area (Å²) in [5.74, 6) is -0.350. The molecule has 0 bridgehead atoms. The van der Waals surface area contributed by atoms with Crippen LogP contribution in [0.15, 0.2) is 36.8 Å². The second-order valence-corrected chi connectivity index (χ2v) is 13.4. The van der Waals surface area contributed by atoms with Crippen LogP contribution in [0.1, 0.15) is 56.7 Å². The van der Waals surface area contributed by atoms with Crippen LogP contribution in [-0.2, 0) is 27.2 Å². The van der Waals surface area contributed by atoms with Gasteiger partial charge in [-0.2, -0.15) is 0 Å². The fraction of sp³-hybridized carbons (Fsp3) is 0.629. The third-order valence-corrected chi connectivity index (χ3v) is 9.59. The number of aliphatic hydroxyl groups is 3. The molecule has 1 aromatic heterocycles. The first kappa shape index (κ1) is 39.4. The molecule has 1 aliphatic heterocycles. The number of rotatable bonds is 18. The Morgan fingerprint density at radius 1 is 1.06 bits per heavy atom. The van der Waals surface area contributed by atoms with Gasteiger partial charge in [0.15, 0.2) is 0 Å². The molecule has 16 nitrogen and oxygen atoms in total. The molecule has 4 rings (SSSR count). The Balaban J connectivity index is 1.56. The molecule has 1 aromatic carbocycles. The van der Waals surface area contributed by atoms with Crippen molar-refractivity contribution in [1.29, 1.82) is 0 Å². The van der Waals surface area contributed by atoms with Gasteiger partial charge < -0.3 is 55.5 Å². The monoisotopic (exact) mass is 715 g/mol. The van der Waals surface area contributed by atoms with Gasteiger partial charge in [0.2, 0.25) is 11.8 Å². The summed E-state index contributed by atoms with van der Waals surface area (Å²) in [5.41, 5.74) is 1.27. The van der Waals surface area contributed by atoms with Crippen LogP contribution in [0.4, 0.5) is 9.59 Å². The molecule has 1 saturated heterocycles. The van der Waals surface area contributed by atoms with E-state index in [-0.39, 0.29) is 31.8 Å². The molecule has 16 heteroatoms. The van der Waals surface area contributed by atoms with Crippen LogP contribution in [0.2, 0.25) is 0 Å². The Hall–Kier alpha value is -4.41. The number of carbonyl (C=O) groups excluding carboxylic acids is 4. The molecule has 2 fully saturated rings. The highest BCUT2D eigenvalue weighted by Gasteiger charge is 2.41. The van der Waals surface area contributed by atoms with E-state index < -0.39 is 67.0 Å². The summed E-state index contributed by atoms with van der Waals surface area (Å²) in [4.78, 5) is 63.3. The van der Waals surface area contributed by atoms with Crippen LogP contribution >= 0.6 is 0 Å². The third-order valence-electron chi connectivity index (χ3n) is 9.59. The quantitative estimate of drug-likeness (QED) is 0.115. The van der Waals surface area contributed by atoms with Crippen molar-refractivity contribution in [3.8, 4) is 5.75 Å². The molecule has 7 N–H and O–H groups in total. The first-order chi connectivity index (χ1) is 24.5. The number of methoxy groups -OCH3 is 1. The van der Waals surface area contributed by atoms with E-state index >= 15 is 0 Å². The Labute approximate surface area is 298 Å². The topological polar surface area (TPSA) is 219 Å². The number of H-pyrrole nitrogens is 1. The normalized spacial score (nSPS) is 19.3.